The van der Waals surface area contributed by atoms with Crippen molar-refractivity contribution < 1.29 is 4.52 Å². The van der Waals surface area contributed by atoms with E-state index in [1.54, 1.807) is 24.2 Å². The molecule has 0 spiro atoms. The van der Waals surface area contributed by atoms with Gasteiger partial charge in [-0.2, -0.15) is 4.98 Å². The number of nitrogens with zero attached hydrogens (tertiary/aromatic N) is 4. The van der Waals surface area contributed by atoms with E-state index < -0.39 is 11.1 Å². The summed E-state index contributed by atoms with van der Waals surface area (Å²) in [6, 6.07) is 13.5. The summed E-state index contributed by atoms with van der Waals surface area (Å²) in [4.78, 5) is 30.9. The highest BCUT2D eigenvalue weighted by atomic mass is 32.2. The predicted molar refractivity (Wildman–Crippen MR) is 116 cm³/mol. The first-order valence-corrected chi connectivity index (χ1v) is 10.6. The van der Waals surface area contributed by atoms with Gasteiger partial charge >= 0.3 is 11.1 Å². The Hall–Kier alpha value is -3.39. The molecule has 8 heteroatoms. The number of rotatable bonds is 5. The van der Waals surface area contributed by atoms with Crippen molar-refractivity contribution in [1.82, 2.24) is 19.3 Å². The third-order valence-electron chi connectivity index (χ3n) is 4.86. The van der Waals surface area contributed by atoms with E-state index in [2.05, 4.69) is 10.1 Å². The van der Waals surface area contributed by atoms with Crippen molar-refractivity contribution in [3.63, 3.8) is 0 Å². The second-order valence-corrected chi connectivity index (χ2v) is 7.77. The number of hydrogen-bond acceptors (Lipinski definition) is 6. The normalized spacial score (nSPS) is 11.0. The fraction of sp³-hybridized carbons (Fsp3) is 0.182. The molecule has 0 unspecified atom stereocenters. The van der Waals surface area contributed by atoms with Crippen LogP contribution in [0.2, 0.25) is 0 Å². The molecule has 0 bridgehead atoms. The Bertz CT molecular complexity index is 1300. The SMILES string of the molecule is CSc1ccc(-c2noc(Cn3ccn(-c4c(C)cccc4C)c(=O)c3=O)n2)cc1. The molecule has 152 valence electrons. The van der Waals surface area contributed by atoms with Crippen molar-refractivity contribution in [2.24, 2.45) is 0 Å². The Balaban J connectivity index is 1.63. The highest BCUT2D eigenvalue weighted by molar-refractivity contribution is 7.98. The van der Waals surface area contributed by atoms with Crippen LogP contribution in [0.25, 0.3) is 17.1 Å². The molecule has 0 N–H and O–H groups in total. The molecule has 2 aromatic carbocycles. The lowest BCUT2D eigenvalue weighted by Crippen LogP contribution is -2.40. The molecule has 0 aliphatic carbocycles. The van der Waals surface area contributed by atoms with E-state index in [-0.39, 0.29) is 12.4 Å². The van der Waals surface area contributed by atoms with Crippen molar-refractivity contribution in [1.29, 1.82) is 0 Å². The molecule has 0 aliphatic rings. The van der Waals surface area contributed by atoms with E-state index >= 15 is 0 Å². The molecule has 2 aromatic heterocycles. The van der Waals surface area contributed by atoms with Crippen LogP contribution in [0.3, 0.4) is 0 Å². The summed E-state index contributed by atoms with van der Waals surface area (Å²) in [5, 5.41) is 3.99. The number of benzene rings is 2. The Morgan fingerprint density at radius 1 is 0.967 bits per heavy atom. The molecule has 0 atom stereocenters. The summed E-state index contributed by atoms with van der Waals surface area (Å²) < 4.78 is 7.96. The first-order chi connectivity index (χ1) is 14.5. The van der Waals surface area contributed by atoms with Crippen LogP contribution in [0.4, 0.5) is 0 Å². The molecule has 0 amide bonds. The van der Waals surface area contributed by atoms with Crippen LogP contribution in [-0.4, -0.2) is 25.5 Å². The summed E-state index contributed by atoms with van der Waals surface area (Å²) in [6.45, 7) is 3.84. The monoisotopic (exact) mass is 420 g/mol. The molecule has 2 heterocycles. The van der Waals surface area contributed by atoms with Crippen molar-refractivity contribution in [2.75, 3.05) is 6.26 Å². The van der Waals surface area contributed by atoms with Gasteiger partial charge in [-0.25, -0.2) is 0 Å². The lowest BCUT2D eigenvalue weighted by molar-refractivity contribution is 0.369. The topological polar surface area (TPSA) is 82.9 Å². The van der Waals surface area contributed by atoms with Gasteiger partial charge in [-0.15, -0.1) is 11.8 Å². The molecular weight excluding hydrogens is 400 g/mol. The molecule has 0 aliphatic heterocycles. The first kappa shape index (κ1) is 19.9. The molecule has 4 rings (SSSR count). The zero-order valence-electron chi connectivity index (χ0n) is 16.8. The Morgan fingerprint density at radius 3 is 2.33 bits per heavy atom. The number of hydrogen-bond donors (Lipinski definition) is 0. The molecule has 0 saturated heterocycles. The van der Waals surface area contributed by atoms with Crippen LogP contribution < -0.4 is 11.1 Å². The van der Waals surface area contributed by atoms with E-state index in [0.717, 1.165) is 27.3 Å². The molecule has 7 nitrogen and oxygen atoms in total. The van der Waals surface area contributed by atoms with Gasteiger partial charge < -0.3 is 4.52 Å². The lowest BCUT2D eigenvalue weighted by atomic mass is 10.1. The van der Waals surface area contributed by atoms with Crippen LogP contribution >= 0.6 is 11.8 Å². The van der Waals surface area contributed by atoms with E-state index in [0.29, 0.717) is 5.82 Å². The fourth-order valence-corrected chi connectivity index (χ4v) is 3.73. The van der Waals surface area contributed by atoms with Crippen LogP contribution in [0.5, 0.6) is 0 Å². The summed E-state index contributed by atoms with van der Waals surface area (Å²) in [5.74, 6) is 0.694. The lowest BCUT2D eigenvalue weighted by Gasteiger charge is -2.12. The van der Waals surface area contributed by atoms with Crippen LogP contribution in [0.1, 0.15) is 17.0 Å². The Morgan fingerprint density at radius 2 is 1.67 bits per heavy atom. The first-order valence-electron chi connectivity index (χ1n) is 9.33. The van der Waals surface area contributed by atoms with Gasteiger partial charge in [-0.1, -0.05) is 23.4 Å². The van der Waals surface area contributed by atoms with E-state index in [4.69, 9.17) is 4.52 Å². The number of thioether (sulfide) groups is 1. The van der Waals surface area contributed by atoms with E-state index in [9.17, 15) is 9.59 Å². The van der Waals surface area contributed by atoms with Gasteiger partial charge in [0.25, 0.3) is 0 Å². The van der Waals surface area contributed by atoms with Gasteiger partial charge in [0.15, 0.2) is 0 Å². The van der Waals surface area contributed by atoms with Gasteiger partial charge in [-0.05, 0) is 55.5 Å². The predicted octanol–water partition coefficient (Wildman–Crippen LogP) is 3.44. The Kier molecular flexibility index (Phi) is 5.41. The third kappa shape index (κ3) is 3.73. The molecule has 0 radical (unpaired) electrons. The zero-order valence-corrected chi connectivity index (χ0v) is 17.6. The number of para-hydroxylation sites is 1. The van der Waals surface area contributed by atoms with Crippen LogP contribution in [0.15, 0.2) is 73.9 Å². The molecule has 0 saturated carbocycles. The van der Waals surface area contributed by atoms with E-state index in [1.807, 2.05) is 62.6 Å². The van der Waals surface area contributed by atoms with Crippen LogP contribution in [0, 0.1) is 13.8 Å². The standard InChI is InChI=1S/C22H20N4O3S/c1-14-5-4-6-15(2)19(14)26-12-11-25(21(27)22(26)28)13-18-23-20(24-29-18)16-7-9-17(30-3)10-8-16/h4-12H,13H2,1-3H3. The van der Waals surface area contributed by atoms with Gasteiger partial charge in [0.1, 0.15) is 6.54 Å². The van der Waals surface area contributed by atoms with Gasteiger partial charge in [0.05, 0.1) is 5.69 Å². The quantitative estimate of drug-likeness (QED) is 0.363. The minimum Gasteiger partial charge on any atom is -0.337 e. The zero-order chi connectivity index (χ0) is 21.3. The minimum atomic E-state index is -0.649. The summed E-state index contributed by atoms with van der Waals surface area (Å²) in [5.41, 5.74) is 2.11. The van der Waals surface area contributed by atoms with Crippen molar-refractivity contribution in [3.05, 3.63) is 92.6 Å². The van der Waals surface area contributed by atoms with E-state index in [1.165, 1.54) is 9.13 Å². The molecule has 4 aromatic rings. The molecule has 0 fully saturated rings. The van der Waals surface area contributed by atoms with Crippen LogP contribution in [-0.2, 0) is 6.54 Å². The van der Waals surface area contributed by atoms with Crippen molar-refractivity contribution >= 4 is 11.8 Å². The van der Waals surface area contributed by atoms with Gasteiger partial charge in [0, 0.05) is 22.9 Å². The maximum Gasteiger partial charge on any atom is 0.321 e. The van der Waals surface area contributed by atoms with Crippen molar-refractivity contribution in [3.8, 4) is 17.1 Å². The highest BCUT2D eigenvalue weighted by Crippen LogP contribution is 2.21. The maximum atomic E-state index is 12.7. The average Bonchev–Trinajstić information content (AvgIpc) is 3.21. The largest absolute Gasteiger partial charge is 0.337 e. The summed E-state index contributed by atoms with van der Waals surface area (Å²) in [6.07, 6.45) is 5.16. The smallest absolute Gasteiger partial charge is 0.321 e. The fourth-order valence-electron chi connectivity index (χ4n) is 3.32. The highest BCUT2D eigenvalue weighted by Gasteiger charge is 2.14. The number of aromatic nitrogens is 4. The minimum absolute atomic E-state index is 0.0254. The summed E-state index contributed by atoms with van der Waals surface area (Å²) in [7, 11) is 0. The average molecular weight is 420 g/mol. The molecule has 30 heavy (non-hydrogen) atoms. The van der Waals surface area contributed by atoms with Gasteiger partial charge in [-0.3, -0.25) is 18.7 Å². The maximum absolute atomic E-state index is 12.7. The third-order valence-corrected chi connectivity index (χ3v) is 5.60. The number of aryl methyl sites for hydroxylation is 2. The molecular formula is C22H20N4O3S. The second-order valence-electron chi connectivity index (χ2n) is 6.89. The van der Waals surface area contributed by atoms with Crippen molar-refractivity contribution in [2.45, 2.75) is 25.3 Å². The Labute approximate surface area is 177 Å². The van der Waals surface area contributed by atoms with Gasteiger partial charge in [0.2, 0.25) is 11.7 Å². The second kappa shape index (κ2) is 8.16. The summed E-state index contributed by atoms with van der Waals surface area (Å²) >= 11 is 1.65.